The van der Waals surface area contributed by atoms with Gasteiger partial charge in [0, 0.05) is 43.4 Å². The Kier molecular flexibility index (Phi) is 6.71. The van der Waals surface area contributed by atoms with Crippen molar-refractivity contribution in [3.63, 3.8) is 0 Å². The van der Waals surface area contributed by atoms with Crippen molar-refractivity contribution in [2.75, 3.05) is 34.4 Å². The summed E-state index contributed by atoms with van der Waals surface area (Å²) in [6, 6.07) is 5.52. The van der Waals surface area contributed by atoms with Gasteiger partial charge >= 0.3 is 12.0 Å². The number of nitrogens with one attached hydrogen (secondary N) is 2. The van der Waals surface area contributed by atoms with Gasteiger partial charge in [0.2, 0.25) is 0 Å². The highest BCUT2D eigenvalue weighted by molar-refractivity contribution is 5.88. The molecule has 0 unspecified atom stereocenters. The number of aromatic amines is 1. The number of aliphatic carboxylic acids is 1. The highest BCUT2D eigenvalue weighted by Crippen LogP contribution is 2.31. The minimum atomic E-state index is -0.921. The molecule has 0 aliphatic carbocycles. The molecule has 0 spiro atoms. The minimum absolute atomic E-state index is 0.0652. The zero-order valence-corrected chi connectivity index (χ0v) is 15.3. The molecule has 2 aromatic rings. The fourth-order valence-corrected chi connectivity index (χ4v) is 2.63. The minimum Gasteiger partial charge on any atom is -0.497 e. The predicted molar refractivity (Wildman–Crippen MR) is 98.0 cm³/mol. The van der Waals surface area contributed by atoms with Gasteiger partial charge in [0.15, 0.2) is 0 Å². The van der Waals surface area contributed by atoms with Crippen molar-refractivity contribution in [2.45, 2.75) is 19.3 Å². The lowest BCUT2D eigenvalue weighted by molar-refractivity contribution is -0.137. The Morgan fingerprint density at radius 3 is 2.65 bits per heavy atom. The van der Waals surface area contributed by atoms with Crippen LogP contribution in [-0.2, 0) is 11.2 Å². The van der Waals surface area contributed by atoms with Crippen LogP contribution in [0.15, 0.2) is 18.2 Å². The fourth-order valence-electron chi connectivity index (χ4n) is 2.63. The Bertz CT molecular complexity index is 772. The molecule has 0 aliphatic rings. The molecule has 1 heterocycles. The third kappa shape index (κ3) is 5.05. The summed E-state index contributed by atoms with van der Waals surface area (Å²) >= 11 is 0. The van der Waals surface area contributed by atoms with E-state index < -0.39 is 5.97 Å². The molecule has 0 saturated heterocycles. The van der Waals surface area contributed by atoms with Gasteiger partial charge in [-0.2, -0.15) is 0 Å². The van der Waals surface area contributed by atoms with Gasteiger partial charge < -0.3 is 29.8 Å². The smallest absolute Gasteiger partial charge is 0.317 e. The molecule has 1 aromatic carbocycles. The van der Waals surface area contributed by atoms with E-state index >= 15 is 0 Å². The number of carboxylic acids is 1. The lowest BCUT2D eigenvalue weighted by Crippen LogP contribution is -2.38. The first-order chi connectivity index (χ1) is 12.4. The lowest BCUT2D eigenvalue weighted by atomic mass is 10.2. The van der Waals surface area contributed by atoms with Gasteiger partial charge in [-0.1, -0.05) is 0 Å². The molecule has 142 valence electrons. The molecule has 8 heteroatoms. The number of carbonyl (C=O) groups is 2. The van der Waals surface area contributed by atoms with Gasteiger partial charge in [-0.3, -0.25) is 4.79 Å². The van der Waals surface area contributed by atoms with Crippen molar-refractivity contribution in [1.29, 1.82) is 0 Å². The highest BCUT2D eigenvalue weighted by Gasteiger charge is 2.11. The van der Waals surface area contributed by atoms with E-state index in [1.165, 1.54) is 4.90 Å². The second kappa shape index (κ2) is 8.98. The molecule has 0 aliphatic heterocycles. The van der Waals surface area contributed by atoms with Crippen molar-refractivity contribution in [3.05, 3.63) is 23.9 Å². The lowest BCUT2D eigenvalue weighted by Gasteiger charge is -2.16. The topological polar surface area (TPSA) is 104 Å². The Balaban J connectivity index is 1.86. The number of ether oxygens (including phenoxy) is 2. The second-order valence-corrected chi connectivity index (χ2v) is 5.99. The van der Waals surface area contributed by atoms with E-state index in [0.717, 1.165) is 40.9 Å². The molecule has 2 amide bonds. The van der Waals surface area contributed by atoms with Crippen LogP contribution in [-0.4, -0.2) is 61.3 Å². The van der Waals surface area contributed by atoms with Crippen LogP contribution in [0.5, 0.6) is 11.5 Å². The zero-order valence-electron chi connectivity index (χ0n) is 15.3. The molecule has 3 N–H and O–H groups in total. The van der Waals surface area contributed by atoms with E-state index in [1.807, 2.05) is 18.2 Å². The first-order valence-electron chi connectivity index (χ1n) is 8.39. The molecule has 8 nitrogen and oxygen atoms in total. The third-order valence-corrected chi connectivity index (χ3v) is 4.09. The number of H-pyrrole nitrogens is 1. The summed E-state index contributed by atoms with van der Waals surface area (Å²) in [5.74, 6) is 0.546. The Morgan fingerprint density at radius 2 is 2.00 bits per heavy atom. The molecular weight excluding hydrogens is 338 g/mol. The Hall–Kier alpha value is -2.90. The van der Waals surface area contributed by atoms with E-state index in [2.05, 4.69) is 10.3 Å². The van der Waals surface area contributed by atoms with Crippen LogP contribution >= 0.6 is 0 Å². The maximum atomic E-state index is 11.8. The summed E-state index contributed by atoms with van der Waals surface area (Å²) in [5.41, 5.74) is 1.98. The maximum Gasteiger partial charge on any atom is 0.317 e. The summed E-state index contributed by atoms with van der Waals surface area (Å²) in [4.78, 5) is 27.1. The van der Waals surface area contributed by atoms with E-state index in [4.69, 9.17) is 14.6 Å². The van der Waals surface area contributed by atoms with Crippen LogP contribution in [0.3, 0.4) is 0 Å². The largest absolute Gasteiger partial charge is 0.497 e. The summed E-state index contributed by atoms with van der Waals surface area (Å²) in [7, 11) is 4.81. The number of nitrogens with zero attached hydrogens (tertiary/aromatic N) is 1. The molecule has 0 fully saturated rings. The molecular formula is C18H25N3O5. The number of carboxylic acid groups (broad SMARTS) is 1. The number of aryl methyl sites for hydroxylation is 1. The van der Waals surface area contributed by atoms with Gasteiger partial charge in [-0.05, 0) is 18.9 Å². The fraction of sp³-hybridized carbons (Fsp3) is 0.444. The summed E-state index contributed by atoms with van der Waals surface area (Å²) in [6.07, 6.45) is 1.45. The molecule has 0 atom stereocenters. The molecule has 1 aromatic heterocycles. The van der Waals surface area contributed by atoms with Crippen LogP contribution in [0.4, 0.5) is 4.79 Å². The van der Waals surface area contributed by atoms with Crippen molar-refractivity contribution in [1.82, 2.24) is 15.2 Å². The number of carbonyl (C=O) groups excluding carboxylic acids is 1. The number of aromatic nitrogens is 1. The number of benzene rings is 1. The molecule has 0 radical (unpaired) electrons. The van der Waals surface area contributed by atoms with Gasteiger partial charge in [0.1, 0.15) is 11.5 Å². The number of urea groups is 1. The van der Waals surface area contributed by atoms with Crippen LogP contribution < -0.4 is 14.8 Å². The van der Waals surface area contributed by atoms with E-state index in [1.54, 1.807) is 21.3 Å². The van der Waals surface area contributed by atoms with Crippen LogP contribution in [0.1, 0.15) is 18.5 Å². The van der Waals surface area contributed by atoms with Crippen molar-refractivity contribution in [2.24, 2.45) is 0 Å². The summed E-state index contributed by atoms with van der Waals surface area (Å²) < 4.78 is 10.7. The van der Waals surface area contributed by atoms with Crippen molar-refractivity contribution < 1.29 is 24.2 Å². The summed E-state index contributed by atoms with van der Waals surface area (Å²) in [5, 5.41) is 12.4. The molecule has 2 rings (SSSR count). The highest BCUT2D eigenvalue weighted by atomic mass is 16.5. The van der Waals surface area contributed by atoms with Gasteiger partial charge in [-0.25, -0.2) is 4.79 Å². The zero-order chi connectivity index (χ0) is 19.1. The standard InChI is InChI=1S/C18H25N3O5/c1-21(8-6-17(22)23)18(24)19-7-4-5-12-9-14-15(20-12)10-13(25-2)11-16(14)26-3/h9-11,20H,4-8H2,1-3H3,(H,19,24)(H,22,23). The average molecular weight is 363 g/mol. The van der Waals surface area contributed by atoms with Crippen LogP contribution in [0.2, 0.25) is 0 Å². The normalized spacial score (nSPS) is 10.6. The second-order valence-electron chi connectivity index (χ2n) is 5.99. The van der Waals surface area contributed by atoms with Crippen molar-refractivity contribution in [3.8, 4) is 11.5 Å². The van der Waals surface area contributed by atoms with Crippen molar-refractivity contribution >= 4 is 22.9 Å². The predicted octanol–water partition coefficient (Wildman–Crippen LogP) is 2.23. The Morgan fingerprint density at radius 1 is 1.23 bits per heavy atom. The van der Waals surface area contributed by atoms with Gasteiger partial charge in [0.05, 0.1) is 26.2 Å². The Labute approximate surface area is 152 Å². The molecule has 26 heavy (non-hydrogen) atoms. The first-order valence-corrected chi connectivity index (χ1v) is 8.39. The molecule has 0 saturated carbocycles. The number of hydrogen-bond acceptors (Lipinski definition) is 4. The third-order valence-electron chi connectivity index (χ3n) is 4.09. The van der Waals surface area contributed by atoms with E-state index in [9.17, 15) is 9.59 Å². The van der Waals surface area contributed by atoms with Crippen LogP contribution in [0, 0.1) is 0 Å². The number of fused-ring (bicyclic) bond motifs is 1. The monoisotopic (exact) mass is 363 g/mol. The van der Waals surface area contributed by atoms with E-state index in [0.29, 0.717) is 6.54 Å². The first kappa shape index (κ1) is 19.4. The molecule has 0 bridgehead atoms. The quantitative estimate of drug-likeness (QED) is 0.593. The average Bonchev–Trinajstić information content (AvgIpc) is 3.04. The van der Waals surface area contributed by atoms with E-state index in [-0.39, 0.29) is 19.0 Å². The van der Waals surface area contributed by atoms with Gasteiger partial charge in [0.25, 0.3) is 0 Å². The SMILES string of the molecule is COc1cc(OC)c2cc(CCCNC(=O)N(C)CCC(=O)O)[nH]c2c1. The maximum absolute atomic E-state index is 11.8. The number of amides is 2. The summed E-state index contributed by atoms with van der Waals surface area (Å²) in [6.45, 7) is 0.691. The van der Waals surface area contributed by atoms with Crippen LogP contribution in [0.25, 0.3) is 10.9 Å². The number of hydrogen-bond donors (Lipinski definition) is 3. The number of methoxy groups -OCH3 is 2. The number of rotatable bonds is 9. The van der Waals surface area contributed by atoms with Gasteiger partial charge in [-0.15, -0.1) is 0 Å².